The van der Waals surface area contributed by atoms with Gasteiger partial charge >= 0.3 is 0 Å². The third kappa shape index (κ3) is 3.97. The van der Waals surface area contributed by atoms with E-state index in [4.69, 9.17) is 4.74 Å². The maximum Gasteiger partial charge on any atom is 0.252 e. The van der Waals surface area contributed by atoms with Crippen LogP contribution in [0.1, 0.15) is 38.5 Å². The molecule has 1 fully saturated rings. The van der Waals surface area contributed by atoms with Crippen molar-refractivity contribution in [2.24, 2.45) is 0 Å². The largest absolute Gasteiger partial charge is 0.379 e. The summed E-state index contributed by atoms with van der Waals surface area (Å²) in [7, 11) is -3.47. The molecule has 0 atom stereocenters. The fourth-order valence-electron chi connectivity index (χ4n) is 3.45. The van der Waals surface area contributed by atoms with Crippen LogP contribution in [0.25, 0.3) is 0 Å². The van der Waals surface area contributed by atoms with Gasteiger partial charge in [-0.15, -0.1) is 22.7 Å². The van der Waals surface area contributed by atoms with Crippen molar-refractivity contribution in [1.82, 2.24) is 9.62 Å². The number of rotatable bonds is 5. The van der Waals surface area contributed by atoms with Gasteiger partial charge in [0, 0.05) is 28.2 Å². The highest BCUT2D eigenvalue weighted by molar-refractivity contribution is 7.91. The molecular formula is C18H22N2O4S3. The van der Waals surface area contributed by atoms with Crippen LogP contribution in [-0.4, -0.2) is 44.9 Å². The Labute approximate surface area is 167 Å². The van der Waals surface area contributed by atoms with Crippen molar-refractivity contribution < 1.29 is 17.9 Å². The summed E-state index contributed by atoms with van der Waals surface area (Å²) >= 11 is 2.89. The number of fused-ring (bicyclic) bond motifs is 1. The Morgan fingerprint density at radius 2 is 1.96 bits per heavy atom. The first-order chi connectivity index (χ1) is 13.1. The summed E-state index contributed by atoms with van der Waals surface area (Å²) in [6, 6.07) is 3.41. The number of carbonyl (C=O) groups excluding carboxylic acids is 1. The van der Waals surface area contributed by atoms with Gasteiger partial charge in [-0.05, 0) is 43.4 Å². The molecular weight excluding hydrogens is 404 g/mol. The zero-order chi connectivity index (χ0) is 18.9. The number of thiophene rings is 2. The fraction of sp³-hybridized carbons (Fsp3) is 0.500. The van der Waals surface area contributed by atoms with Crippen LogP contribution in [0.3, 0.4) is 0 Å². The standard InChI is InChI=1S/C18H22N2O4S3/c21-18(15-12-25-16-4-2-1-3-14(15)16)19-11-13-5-6-17(26-13)27(22,23)20-7-9-24-10-8-20/h5-6,12H,1-4,7-11H2,(H,19,21). The average Bonchev–Trinajstić information content (AvgIpc) is 3.34. The highest BCUT2D eigenvalue weighted by Crippen LogP contribution is 2.30. The second-order valence-corrected chi connectivity index (χ2v) is 11.0. The highest BCUT2D eigenvalue weighted by atomic mass is 32.2. The van der Waals surface area contributed by atoms with Crippen LogP contribution in [0, 0.1) is 0 Å². The van der Waals surface area contributed by atoms with Crippen molar-refractivity contribution in [2.45, 2.75) is 36.4 Å². The predicted octanol–water partition coefficient (Wildman–Crippen LogP) is 2.64. The molecule has 1 aliphatic heterocycles. The summed E-state index contributed by atoms with van der Waals surface area (Å²) in [6.07, 6.45) is 4.38. The number of ether oxygens (including phenoxy) is 1. The first-order valence-electron chi connectivity index (χ1n) is 9.10. The van der Waals surface area contributed by atoms with E-state index in [-0.39, 0.29) is 5.91 Å². The van der Waals surface area contributed by atoms with Gasteiger partial charge in [-0.1, -0.05) is 0 Å². The molecule has 2 aromatic heterocycles. The molecule has 1 amide bonds. The molecule has 2 aliphatic rings. The van der Waals surface area contributed by atoms with Gasteiger partial charge in [-0.3, -0.25) is 4.79 Å². The number of amides is 1. The van der Waals surface area contributed by atoms with Crippen LogP contribution in [0.15, 0.2) is 21.7 Å². The van der Waals surface area contributed by atoms with E-state index in [1.807, 2.05) is 5.38 Å². The third-order valence-corrected chi connectivity index (χ3v) is 9.47. The Kier molecular flexibility index (Phi) is 5.65. The summed E-state index contributed by atoms with van der Waals surface area (Å²) in [4.78, 5) is 14.7. The number of aryl methyl sites for hydroxylation is 1. The number of carbonyl (C=O) groups is 1. The molecule has 2 aromatic rings. The molecule has 6 nitrogen and oxygen atoms in total. The van der Waals surface area contributed by atoms with Gasteiger partial charge in [0.1, 0.15) is 4.21 Å². The van der Waals surface area contributed by atoms with Crippen molar-refractivity contribution in [3.63, 3.8) is 0 Å². The number of morpholine rings is 1. The smallest absolute Gasteiger partial charge is 0.252 e. The number of nitrogens with one attached hydrogen (secondary N) is 1. The molecule has 1 saturated heterocycles. The van der Waals surface area contributed by atoms with Gasteiger partial charge in [0.05, 0.1) is 25.3 Å². The van der Waals surface area contributed by atoms with E-state index in [1.54, 1.807) is 23.5 Å². The van der Waals surface area contributed by atoms with Gasteiger partial charge in [0.25, 0.3) is 15.9 Å². The van der Waals surface area contributed by atoms with Gasteiger partial charge in [-0.25, -0.2) is 8.42 Å². The molecule has 27 heavy (non-hydrogen) atoms. The number of nitrogens with zero attached hydrogens (tertiary/aromatic N) is 1. The zero-order valence-electron chi connectivity index (χ0n) is 14.9. The van der Waals surface area contributed by atoms with E-state index in [0.29, 0.717) is 37.1 Å². The van der Waals surface area contributed by atoms with Crippen molar-refractivity contribution in [2.75, 3.05) is 26.3 Å². The minimum absolute atomic E-state index is 0.0691. The molecule has 3 heterocycles. The molecule has 1 aliphatic carbocycles. The van der Waals surface area contributed by atoms with E-state index in [2.05, 4.69) is 5.32 Å². The third-order valence-electron chi connectivity index (χ3n) is 4.93. The molecule has 146 valence electrons. The second kappa shape index (κ2) is 8.00. The summed E-state index contributed by atoms with van der Waals surface area (Å²) in [5, 5.41) is 4.90. The molecule has 1 N–H and O–H groups in total. The molecule has 0 saturated carbocycles. The molecule has 9 heteroatoms. The summed E-state index contributed by atoms with van der Waals surface area (Å²) < 4.78 is 32.4. The Balaban J connectivity index is 1.41. The second-order valence-electron chi connectivity index (χ2n) is 6.68. The van der Waals surface area contributed by atoms with E-state index in [1.165, 1.54) is 32.5 Å². The minimum Gasteiger partial charge on any atom is -0.379 e. The van der Waals surface area contributed by atoms with Crippen molar-refractivity contribution in [3.8, 4) is 0 Å². The summed E-state index contributed by atoms with van der Waals surface area (Å²) in [5.41, 5.74) is 1.98. The van der Waals surface area contributed by atoms with Crippen LogP contribution >= 0.6 is 22.7 Å². The average molecular weight is 427 g/mol. The van der Waals surface area contributed by atoms with Crippen molar-refractivity contribution in [3.05, 3.63) is 38.4 Å². The maximum atomic E-state index is 12.7. The number of hydrogen-bond acceptors (Lipinski definition) is 6. The van der Waals surface area contributed by atoms with E-state index in [9.17, 15) is 13.2 Å². The van der Waals surface area contributed by atoms with Gasteiger partial charge in [0.15, 0.2) is 0 Å². The molecule has 0 radical (unpaired) electrons. The minimum atomic E-state index is -3.47. The van der Waals surface area contributed by atoms with Crippen LogP contribution in [-0.2, 0) is 34.1 Å². The van der Waals surface area contributed by atoms with Crippen molar-refractivity contribution in [1.29, 1.82) is 0 Å². The SMILES string of the molecule is O=C(NCc1ccc(S(=O)(=O)N2CCOCC2)s1)c1csc2c1CCCC2. The van der Waals surface area contributed by atoms with Crippen LogP contribution in [0.5, 0.6) is 0 Å². The van der Waals surface area contributed by atoms with Crippen LogP contribution in [0.4, 0.5) is 0 Å². The topological polar surface area (TPSA) is 75.7 Å². The number of hydrogen-bond donors (Lipinski definition) is 1. The molecule has 0 unspecified atom stereocenters. The lowest BCUT2D eigenvalue weighted by Crippen LogP contribution is -2.40. The fourth-order valence-corrected chi connectivity index (χ4v) is 7.44. The molecule has 0 aromatic carbocycles. The van der Waals surface area contributed by atoms with E-state index < -0.39 is 10.0 Å². The molecule has 4 rings (SSSR count). The van der Waals surface area contributed by atoms with Crippen LogP contribution in [0.2, 0.25) is 0 Å². The summed E-state index contributed by atoms with van der Waals surface area (Å²) in [5.74, 6) is -0.0691. The first kappa shape index (κ1) is 19.1. The monoisotopic (exact) mass is 426 g/mol. The lowest BCUT2D eigenvalue weighted by atomic mass is 9.96. The highest BCUT2D eigenvalue weighted by Gasteiger charge is 2.28. The first-order valence-corrected chi connectivity index (χ1v) is 12.2. The Morgan fingerprint density at radius 3 is 2.78 bits per heavy atom. The Bertz CT molecular complexity index is 926. The van der Waals surface area contributed by atoms with Crippen molar-refractivity contribution >= 4 is 38.6 Å². The van der Waals surface area contributed by atoms with E-state index in [0.717, 1.165) is 29.7 Å². The zero-order valence-corrected chi connectivity index (χ0v) is 17.4. The van der Waals surface area contributed by atoms with Crippen LogP contribution < -0.4 is 5.32 Å². The van der Waals surface area contributed by atoms with Gasteiger partial charge in [0.2, 0.25) is 0 Å². The molecule has 0 spiro atoms. The number of sulfonamides is 1. The normalized spacial score (nSPS) is 18.2. The van der Waals surface area contributed by atoms with Gasteiger partial charge in [-0.2, -0.15) is 4.31 Å². The van der Waals surface area contributed by atoms with E-state index >= 15 is 0 Å². The Morgan fingerprint density at radius 1 is 1.19 bits per heavy atom. The quantitative estimate of drug-likeness (QED) is 0.798. The predicted molar refractivity (Wildman–Crippen MR) is 106 cm³/mol. The lowest BCUT2D eigenvalue weighted by Gasteiger charge is -2.25. The lowest BCUT2D eigenvalue weighted by molar-refractivity contribution is 0.0731. The maximum absolute atomic E-state index is 12.7. The Hall–Kier alpha value is -1.26. The van der Waals surface area contributed by atoms with Gasteiger partial charge < -0.3 is 10.1 Å². The summed E-state index contributed by atoms with van der Waals surface area (Å²) in [6.45, 7) is 1.97. The molecule has 0 bridgehead atoms.